The summed E-state index contributed by atoms with van der Waals surface area (Å²) in [4.78, 5) is 9.26. The molecule has 26 heavy (non-hydrogen) atoms. The highest BCUT2D eigenvalue weighted by molar-refractivity contribution is 6.08. The number of aryl methyl sites for hydroxylation is 1. The Labute approximate surface area is 151 Å². The molecule has 3 nitrogen and oxygen atoms in total. The number of pyridine rings is 2. The monoisotopic (exact) mass is 336 g/mol. The van der Waals surface area contributed by atoms with Gasteiger partial charge in [-0.2, -0.15) is 0 Å². The molecule has 0 atom stereocenters. The second-order valence-corrected chi connectivity index (χ2v) is 6.42. The molecule has 3 heteroatoms. The van der Waals surface area contributed by atoms with Gasteiger partial charge in [0.2, 0.25) is 5.71 Å². The molecule has 0 saturated carbocycles. The van der Waals surface area contributed by atoms with Crippen LogP contribution in [0.25, 0.3) is 44.6 Å². The van der Waals surface area contributed by atoms with Gasteiger partial charge in [-0.05, 0) is 42.8 Å². The van der Waals surface area contributed by atoms with Crippen LogP contribution in [0.4, 0.5) is 0 Å². The van der Waals surface area contributed by atoms with E-state index in [0.717, 1.165) is 38.9 Å². The summed E-state index contributed by atoms with van der Waals surface area (Å²) in [5, 5.41) is 2.09. The summed E-state index contributed by atoms with van der Waals surface area (Å²) >= 11 is 0. The number of hydrogen-bond donors (Lipinski definition) is 0. The fourth-order valence-corrected chi connectivity index (χ4v) is 3.33. The van der Waals surface area contributed by atoms with Crippen molar-refractivity contribution in [1.82, 2.24) is 9.97 Å². The minimum atomic E-state index is 0.654. The summed E-state index contributed by atoms with van der Waals surface area (Å²) in [6.45, 7) is 2.07. The van der Waals surface area contributed by atoms with Gasteiger partial charge in [0.05, 0.1) is 11.4 Å². The van der Waals surface area contributed by atoms with Gasteiger partial charge in [-0.3, -0.25) is 4.98 Å². The minimum Gasteiger partial charge on any atom is -0.437 e. The molecule has 0 N–H and O–H groups in total. The van der Waals surface area contributed by atoms with Gasteiger partial charge in [0.1, 0.15) is 5.58 Å². The standard InChI is InChI=1S/C23H16N2O/c1-15-12-13-24-21(14-15)19-9-5-8-17-18-10-11-20(16-6-3-2-4-7-16)25-23(18)26-22(17)19/h2-14H,1H3. The molecule has 0 radical (unpaired) electrons. The quantitative estimate of drug-likeness (QED) is 0.396. The van der Waals surface area contributed by atoms with Crippen molar-refractivity contribution in [3.8, 4) is 22.5 Å². The third-order valence-electron chi connectivity index (χ3n) is 4.63. The fourth-order valence-electron chi connectivity index (χ4n) is 3.33. The van der Waals surface area contributed by atoms with Crippen molar-refractivity contribution in [1.29, 1.82) is 0 Å². The van der Waals surface area contributed by atoms with Gasteiger partial charge in [0.15, 0.2) is 0 Å². The normalized spacial score (nSPS) is 11.3. The Hall–Kier alpha value is -3.46. The van der Waals surface area contributed by atoms with E-state index in [1.165, 1.54) is 5.56 Å². The van der Waals surface area contributed by atoms with E-state index in [9.17, 15) is 0 Å². The molecule has 0 fully saturated rings. The Morgan fingerprint density at radius 2 is 1.65 bits per heavy atom. The lowest BCUT2D eigenvalue weighted by molar-refractivity contribution is 0.655. The molecule has 2 aromatic carbocycles. The van der Waals surface area contributed by atoms with E-state index < -0.39 is 0 Å². The van der Waals surface area contributed by atoms with Crippen LogP contribution in [0, 0.1) is 6.92 Å². The van der Waals surface area contributed by atoms with Crippen LogP contribution in [0.1, 0.15) is 5.56 Å². The number of aromatic nitrogens is 2. The van der Waals surface area contributed by atoms with Crippen molar-refractivity contribution in [3.05, 3.63) is 84.6 Å². The van der Waals surface area contributed by atoms with Crippen molar-refractivity contribution in [2.45, 2.75) is 6.92 Å². The lowest BCUT2D eigenvalue weighted by Crippen LogP contribution is -1.84. The molecule has 0 aliphatic rings. The SMILES string of the molecule is Cc1ccnc(-c2cccc3c2oc2nc(-c4ccccc4)ccc23)c1. The third-order valence-corrected chi connectivity index (χ3v) is 4.63. The van der Waals surface area contributed by atoms with Gasteiger partial charge in [0, 0.05) is 28.1 Å². The number of benzene rings is 2. The van der Waals surface area contributed by atoms with Crippen molar-refractivity contribution in [2.75, 3.05) is 0 Å². The Bertz CT molecular complexity index is 1240. The molecule has 3 heterocycles. The maximum absolute atomic E-state index is 6.19. The first-order chi connectivity index (χ1) is 12.8. The molecule has 3 aromatic heterocycles. The molecular formula is C23H16N2O. The van der Waals surface area contributed by atoms with Crippen LogP contribution in [0.5, 0.6) is 0 Å². The molecular weight excluding hydrogens is 320 g/mol. The minimum absolute atomic E-state index is 0.654. The first-order valence-electron chi connectivity index (χ1n) is 8.60. The summed E-state index contributed by atoms with van der Waals surface area (Å²) in [5.41, 5.74) is 6.55. The van der Waals surface area contributed by atoms with E-state index in [2.05, 4.69) is 42.2 Å². The lowest BCUT2D eigenvalue weighted by Gasteiger charge is -2.02. The largest absolute Gasteiger partial charge is 0.437 e. The zero-order valence-corrected chi connectivity index (χ0v) is 14.3. The van der Waals surface area contributed by atoms with Gasteiger partial charge in [0.25, 0.3) is 0 Å². The fraction of sp³-hybridized carbons (Fsp3) is 0.0435. The van der Waals surface area contributed by atoms with Gasteiger partial charge >= 0.3 is 0 Å². The summed E-state index contributed by atoms with van der Waals surface area (Å²) in [7, 11) is 0. The number of para-hydroxylation sites is 1. The number of rotatable bonds is 2. The predicted octanol–water partition coefficient (Wildman–Crippen LogP) is 6.02. The van der Waals surface area contributed by atoms with E-state index in [-0.39, 0.29) is 0 Å². The average Bonchev–Trinajstić information content (AvgIpc) is 3.06. The summed E-state index contributed by atoms with van der Waals surface area (Å²) in [6.07, 6.45) is 1.83. The summed E-state index contributed by atoms with van der Waals surface area (Å²) in [6, 6.07) is 24.5. The maximum atomic E-state index is 6.19. The first-order valence-corrected chi connectivity index (χ1v) is 8.60. The van der Waals surface area contributed by atoms with Gasteiger partial charge < -0.3 is 4.42 Å². The first kappa shape index (κ1) is 14.8. The highest BCUT2D eigenvalue weighted by Crippen LogP contribution is 2.35. The molecule has 5 aromatic rings. The zero-order valence-electron chi connectivity index (χ0n) is 14.3. The van der Waals surface area contributed by atoms with E-state index in [1.807, 2.05) is 48.7 Å². The van der Waals surface area contributed by atoms with Crippen LogP contribution < -0.4 is 0 Å². The summed E-state index contributed by atoms with van der Waals surface area (Å²) < 4.78 is 6.19. The third kappa shape index (κ3) is 2.37. The molecule has 124 valence electrons. The highest BCUT2D eigenvalue weighted by atomic mass is 16.3. The smallest absolute Gasteiger partial charge is 0.227 e. The number of fused-ring (bicyclic) bond motifs is 3. The van der Waals surface area contributed by atoms with Crippen LogP contribution in [-0.4, -0.2) is 9.97 Å². The second-order valence-electron chi connectivity index (χ2n) is 6.42. The van der Waals surface area contributed by atoms with E-state index in [4.69, 9.17) is 9.40 Å². The van der Waals surface area contributed by atoms with Gasteiger partial charge in [-0.15, -0.1) is 0 Å². The highest BCUT2D eigenvalue weighted by Gasteiger charge is 2.14. The molecule has 0 saturated heterocycles. The summed E-state index contributed by atoms with van der Waals surface area (Å²) in [5.74, 6) is 0. The van der Waals surface area contributed by atoms with Crippen LogP contribution >= 0.6 is 0 Å². The average molecular weight is 336 g/mol. The maximum Gasteiger partial charge on any atom is 0.227 e. The predicted molar refractivity (Wildman–Crippen MR) is 105 cm³/mol. The Balaban J connectivity index is 1.75. The Morgan fingerprint density at radius 3 is 2.50 bits per heavy atom. The molecule has 0 bridgehead atoms. The van der Waals surface area contributed by atoms with Gasteiger partial charge in [-0.25, -0.2) is 4.98 Å². The number of nitrogens with zero attached hydrogens (tertiary/aromatic N) is 2. The van der Waals surface area contributed by atoms with E-state index in [1.54, 1.807) is 0 Å². The molecule has 0 unspecified atom stereocenters. The van der Waals surface area contributed by atoms with Crippen LogP contribution in [0.15, 0.2) is 83.4 Å². The van der Waals surface area contributed by atoms with Crippen LogP contribution in [0.2, 0.25) is 0 Å². The van der Waals surface area contributed by atoms with Crippen molar-refractivity contribution in [2.24, 2.45) is 0 Å². The molecule has 0 aliphatic carbocycles. The number of hydrogen-bond acceptors (Lipinski definition) is 3. The Morgan fingerprint density at radius 1 is 0.769 bits per heavy atom. The molecule has 5 rings (SSSR count). The topological polar surface area (TPSA) is 38.9 Å². The van der Waals surface area contributed by atoms with Crippen molar-refractivity contribution < 1.29 is 4.42 Å². The van der Waals surface area contributed by atoms with Crippen molar-refractivity contribution in [3.63, 3.8) is 0 Å². The molecule has 0 amide bonds. The molecule has 0 aliphatic heterocycles. The zero-order chi connectivity index (χ0) is 17.5. The van der Waals surface area contributed by atoms with E-state index in [0.29, 0.717) is 5.71 Å². The second kappa shape index (κ2) is 5.81. The van der Waals surface area contributed by atoms with Crippen molar-refractivity contribution >= 4 is 22.1 Å². The van der Waals surface area contributed by atoms with Gasteiger partial charge in [-0.1, -0.05) is 42.5 Å². The molecule has 0 spiro atoms. The lowest BCUT2D eigenvalue weighted by atomic mass is 10.1. The van der Waals surface area contributed by atoms with E-state index >= 15 is 0 Å². The van der Waals surface area contributed by atoms with Crippen LogP contribution in [0.3, 0.4) is 0 Å². The Kier molecular flexibility index (Phi) is 3.32. The van der Waals surface area contributed by atoms with Crippen LogP contribution in [-0.2, 0) is 0 Å². The number of furan rings is 1.